The maximum absolute atomic E-state index is 5.28. The summed E-state index contributed by atoms with van der Waals surface area (Å²) in [4.78, 5) is 4.46. The Balaban J connectivity index is 1.60. The summed E-state index contributed by atoms with van der Waals surface area (Å²) < 4.78 is 5.28. The Morgan fingerprint density at radius 3 is 2.63 bits per heavy atom. The minimum absolute atomic E-state index is 0.339. The van der Waals surface area contributed by atoms with Crippen LogP contribution in [-0.4, -0.2) is 10.1 Å². The van der Waals surface area contributed by atoms with E-state index in [-0.39, 0.29) is 0 Å². The van der Waals surface area contributed by atoms with Gasteiger partial charge in [-0.2, -0.15) is 4.98 Å². The highest BCUT2D eigenvalue weighted by Crippen LogP contribution is 2.57. The Hall–Kier alpha value is -1.84. The fraction of sp³-hybridized carbons (Fsp3) is 0.467. The Morgan fingerprint density at radius 2 is 2.00 bits per heavy atom. The molecule has 1 aliphatic rings. The SMILES string of the molecule is Cc1ccc(NCc2nc(C3CC3(C)C)no2)cc1. The van der Waals surface area contributed by atoms with Crippen molar-refractivity contribution in [2.75, 3.05) is 5.32 Å². The number of anilines is 1. The zero-order valence-electron chi connectivity index (χ0n) is 11.6. The van der Waals surface area contributed by atoms with Crippen LogP contribution in [0.4, 0.5) is 5.69 Å². The van der Waals surface area contributed by atoms with Crippen molar-refractivity contribution in [2.45, 2.75) is 39.7 Å². The monoisotopic (exact) mass is 257 g/mol. The molecule has 1 atom stereocenters. The molecule has 4 nitrogen and oxygen atoms in total. The predicted octanol–water partition coefficient (Wildman–Crippen LogP) is 3.50. The van der Waals surface area contributed by atoms with Crippen molar-refractivity contribution < 1.29 is 4.52 Å². The van der Waals surface area contributed by atoms with Crippen LogP contribution in [0.5, 0.6) is 0 Å². The van der Waals surface area contributed by atoms with E-state index in [2.05, 4.69) is 60.5 Å². The van der Waals surface area contributed by atoms with Gasteiger partial charge in [-0.1, -0.05) is 36.7 Å². The van der Waals surface area contributed by atoms with Crippen molar-refractivity contribution in [3.8, 4) is 0 Å². The summed E-state index contributed by atoms with van der Waals surface area (Å²) in [7, 11) is 0. The van der Waals surface area contributed by atoms with Gasteiger partial charge in [-0.3, -0.25) is 0 Å². The molecule has 4 heteroatoms. The third kappa shape index (κ3) is 2.62. The number of aryl methyl sites for hydroxylation is 1. The highest BCUT2D eigenvalue weighted by atomic mass is 16.5. The molecule has 0 saturated heterocycles. The van der Waals surface area contributed by atoms with E-state index in [9.17, 15) is 0 Å². The summed E-state index contributed by atoms with van der Waals surface area (Å²) in [6.07, 6.45) is 1.15. The van der Waals surface area contributed by atoms with Crippen LogP contribution in [0.2, 0.25) is 0 Å². The maximum Gasteiger partial charge on any atom is 0.245 e. The van der Waals surface area contributed by atoms with Crippen LogP contribution in [0.1, 0.15) is 43.5 Å². The van der Waals surface area contributed by atoms with Crippen molar-refractivity contribution in [2.24, 2.45) is 5.41 Å². The summed E-state index contributed by atoms with van der Waals surface area (Å²) in [5.74, 6) is 1.97. The fourth-order valence-electron chi connectivity index (χ4n) is 2.24. The lowest BCUT2D eigenvalue weighted by atomic mass is 10.1. The quantitative estimate of drug-likeness (QED) is 0.910. The highest BCUT2D eigenvalue weighted by molar-refractivity contribution is 5.44. The van der Waals surface area contributed by atoms with Crippen LogP contribution in [-0.2, 0) is 6.54 Å². The van der Waals surface area contributed by atoms with Crippen molar-refractivity contribution in [3.05, 3.63) is 41.5 Å². The van der Waals surface area contributed by atoms with Gasteiger partial charge in [0.05, 0.1) is 6.54 Å². The van der Waals surface area contributed by atoms with Gasteiger partial charge in [0, 0.05) is 11.6 Å². The molecule has 1 heterocycles. The molecule has 1 aromatic carbocycles. The van der Waals surface area contributed by atoms with Crippen molar-refractivity contribution in [3.63, 3.8) is 0 Å². The Bertz CT molecular complexity index is 571. The van der Waals surface area contributed by atoms with Crippen LogP contribution in [0.25, 0.3) is 0 Å². The van der Waals surface area contributed by atoms with E-state index in [0.29, 0.717) is 23.8 Å². The standard InChI is InChI=1S/C15H19N3O/c1-10-4-6-11(7-5-10)16-9-13-17-14(18-19-13)12-8-15(12,2)3/h4-7,12,16H,8-9H2,1-3H3. The summed E-state index contributed by atoms with van der Waals surface area (Å²) >= 11 is 0. The number of nitrogens with zero attached hydrogens (tertiary/aromatic N) is 2. The molecule has 19 heavy (non-hydrogen) atoms. The van der Waals surface area contributed by atoms with Crippen LogP contribution in [0.15, 0.2) is 28.8 Å². The molecule has 0 amide bonds. The summed E-state index contributed by atoms with van der Waals surface area (Å²) in [6.45, 7) is 7.12. The van der Waals surface area contributed by atoms with E-state index in [1.54, 1.807) is 0 Å². The predicted molar refractivity (Wildman–Crippen MR) is 73.9 cm³/mol. The average molecular weight is 257 g/mol. The van der Waals surface area contributed by atoms with E-state index >= 15 is 0 Å². The molecule has 2 aromatic rings. The Kier molecular flexibility index (Phi) is 2.81. The lowest BCUT2D eigenvalue weighted by Crippen LogP contribution is -2.00. The van der Waals surface area contributed by atoms with Crippen molar-refractivity contribution in [1.82, 2.24) is 10.1 Å². The molecule has 1 saturated carbocycles. The maximum atomic E-state index is 5.28. The largest absolute Gasteiger partial charge is 0.376 e. The van der Waals surface area contributed by atoms with E-state index < -0.39 is 0 Å². The first kappa shape index (κ1) is 12.2. The average Bonchev–Trinajstić information content (AvgIpc) is 2.83. The normalized spacial score (nSPS) is 20.3. The van der Waals surface area contributed by atoms with Crippen LogP contribution in [0, 0.1) is 12.3 Å². The van der Waals surface area contributed by atoms with Gasteiger partial charge in [-0.25, -0.2) is 0 Å². The molecule has 0 spiro atoms. The molecule has 0 radical (unpaired) electrons. The molecule has 1 fully saturated rings. The van der Waals surface area contributed by atoms with Gasteiger partial charge in [0.2, 0.25) is 5.89 Å². The zero-order valence-corrected chi connectivity index (χ0v) is 11.6. The van der Waals surface area contributed by atoms with E-state index in [0.717, 1.165) is 17.9 Å². The minimum Gasteiger partial charge on any atom is -0.376 e. The van der Waals surface area contributed by atoms with Gasteiger partial charge in [-0.05, 0) is 30.9 Å². The first-order valence-electron chi connectivity index (χ1n) is 6.68. The highest BCUT2D eigenvalue weighted by Gasteiger charge is 2.49. The van der Waals surface area contributed by atoms with Gasteiger partial charge >= 0.3 is 0 Å². The van der Waals surface area contributed by atoms with E-state index in [1.165, 1.54) is 5.56 Å². The lowest BCUT2D eigenvalue weighted by Gasteiger charge is -2.02. The summed E-state index contributed by atoms with van der Waals surface area (Å²) in [5.41, 5.74) is 2.66. The molecular formula is C15H19N3O. The number of rotatable bonds is 4. The molecule has 0 bridgehead atoms. The van der Waals surface area contributed by atoms with Crippen LogP contribution < -0.4 is 5.32 Å². The van der Waals surface area contributed by atoms with E-state index in [4.69, 9.17) is 4.52 Å². The number of hydrogen-bond acceptors (Lipinski definition) is 4. The lowest BCUT2D eigenvalue weighted by molar-refractivity contribution is 0.376. The second-order valence-electron chi connectivity index (χ2n) is 6.01. The van der Waals surface area contributed by atoms with Crippen molar-refractivity contribution >= 4 is 5.69 Å². The number of hydrogen-bond donors (Lipinski definition) is 1. The van der Waals surface area contributed by atoms with Crippen LogP contribution >= 0.6 is 0 Å². The van der Waals surface area contributed by atoms with Gasteiger partial charge in [-0.15, -0.1) is 0 Å². The number of aromatic nitrogens is 2. The second-order valence-corrected chi connectivity index (χ2v) is 6.01. The van der Waals surface area contributed by atoms with Gasteiger partial charge in [0.15, 0.2) is 5.82 Å². The molecule has 1 unspecified atom stereocenters. The van der Waals surface area contributed by atoms with E-state index in [1.807, 2.05) is 0 Å². The Morgan fingerprint density at radius 1 is 1.32 bits per heavy atom. The Labute approximate surface area is 113 Å². The fourth-order valence-corrected chi connectivity index (χ4v) is 2.24. The molecule has 100 valence electrons. The van der Waals surface area contributed by atoms with Crippen molar-refractivity contribution in [1.29, 1.82) is 0 Å². The number of nitrogens with one attached hydrogen (secondary N) is 1. The molecule has 1 aliphatic carbocycles. The summed E-state index contributed by atoms with van der Waals surface area (Å²) in [6, 6.07) is 8.26. The van der Waals surface area contributed by atoms with Crippen LogP contribution in [0.3, 0.4) is 0 Å². The molecule has 1 N–H and O–H groups in total. The molecule has 3 rings (SSSR count). The smallest absolute Gasteiger partial charge is 0.245 e. The molecule has 0 aliphatic heterocycles. The van der Waals surface area contributed by atoms with Gasteiger partial charge < -0.3 is 9.84 Å². The zero-order chi connectivity index (χ0) is 13.5. The number of benzene rings is 1. The van der Waals surface area contributed by atoms with Gasteiger partial charge in [0.25, 0.3) is 0 Å². The first-order valence-corrected chi connectivity index (χ1v) is 6.68. The molecule has 1 aromatic heterocycles. The topological polar surface area (TPSA) is 51.0 Å². The third-order valence-corrected chi connectivity index (χ3v) is 3.80. The summed E-state index contributed by atoms with van der Waals surface area (Å²) in [5, 5.41) is 7.36. The first-order chi connectivity index (χ1) is 9.04. The van der Waals surface area contributed by atoms with Gasteiger partial charge in [0.1, 0.15) is 0 Å². The minimum atomic E-state index is 0.339. The third-order valence-electron chi connectivity index (χ3n) is 3.80. The molecular weight excluding hydrogens is 238 g/mol. The second kappa shape index (κ2) is 4.37.